The summed E-state index contributed by atoms with van der Waals surface area (Å²) in [5, 5.41) is 3.76. The van der Waals surface area contributed by atoms with Gasteiger partial charge < -0.3 is 15.0 Å². The van der Waals surface area contributed by atoms with Crippen LogP contribution in [0.3, 0.4) is 0 Å². The third-order valence-corrected chi connectivity index (χ3v) is 6.41. The molecule has 1 aliphatic heterocycles. The van der Waals surface area contributed by atoms with Crippen LogP contribution < -0.4 is 10.1 Å². The number of hydrogen-bond acceptors (Lipinski definition) is 6. The van der Waals surface area contributed by atoms with Crippen LogP contribution in [0, 0.1) is 0 Å². The standard InChI is InChI=1S/C24H17N5O2S/c30-23(21-13-26-24(32-21)16-3-6-20-15(11-16)8-10-31-20)27-17-4-1-14(2-5-17)22-28-18-7-9-25-12-19(18)29-22/h1-7,9,11-13H,8,10H2,(H,27,30)(H,28,29). The first kappa shape index (κ1) is 18.7. The Kier molecular flexibility index (Phi) is 4.43. The van der Waals surface area contributed by atoms with Gasteiger partial charge in [-0.15, -0.1) is 11.3 Å². The molecule has 3 aromatic heterocycles. The lowest BCUT2D eigenvalue weighted by Gasteiger charge is -2.04. The van der Waals surface area contributed by atoms with Gasteiger partial charge in [0.1, 0.15) is 21.5 Å². The molecule has 0 bridgehead atoms. The first-order chi connectivity index (χ1) is 15.7. The fraction of sp³-hybridized carbons (Fsp3) is 0.0833. The van der Waals surface area contributed by atoms with E-state index in [1.165, 1.54) is 16.9 Å². The molecule has 1 aliphatic rings. The molecule has 7 nitrogen and oxygen atoms in total. The second kappa shape index (κ2) is 7.58. The van der Waals surface area contributed by atoms with Crippen molar-refractivity contribution < 1.29 is 9.53 Å². The van der Waals surface area contributed by atoms with E-state index in [1.807, 2.05) is 42.5 Å². The molecule has 2 aromatic carbocycles. The second-order valence-corrected chi connectivity index (χ2v) is 8.49. The predicted octanol–water partition coefficient (Wildman–Crippen LogP) is 4.94. The van der Waals surface area contributed by atoms with E-state index in [2.05, 4.69) is 31.3 Å². The molecule has 32 heavy (non-hydrogen) atoms. The van der Waals surface area contributed by atoms with Gasteiger partial charge in [0, 0.05) is 29.4 Å². The Morgan fingerprint density at radius 2 is 1.94 bits per heavy atom. The van der Waals surface area contributed by atoms with Crippen molar-refractivity contribution in [1.29, 1.82) is 0 Å². The van der Waals surface area contributed by atoms with E-state index in [0.717, 1.165) is 51.8 Å². The monoisotopic (exact) mass is 439 g/mol. The molecular formula is C24H17N5O2S. The summed E-state index contributed by atoms with van der Waals surface area (Å²) in [5.41, 5.74) is 5.58. The summed E-state index contributed by atoms with van der Waals surface area (Å²) >= 11 is 1.38. The smallest absolute Gasteiger partial charge is 0.267 e. The molecule has 0 radical (unpaired) electrons. The number of amides is 1. The number of imidazole rings is 1. The number of carbonyl (C=O) groups excluding carboxylic acids is 1. The van der Waals surface area contributed by atoms with Crippen molar-refractivity contribution in [2.75, 3.05) is 11.9 Å². The Bertz CT molecular complexity index is 1420. The van der Waals surface area contributed by atoms with Crippen LogP contribution in [-0.4, -0.2) is 32.4 Å². The van der Waals surface area contributed by atoms with E-state index in [9.17, 15) is 4.79 Å². The zero-order valence-electron chi connectivity index (χ0n) is 16.8. The molecule has 0 fully saturated rings. The number of nitrogens with one attached hydrogen (secondary N) is 2. The van der Waals surface area contributed by atoms with E-state index >= 15 is 0 Å². The SMILES string of the molecule is O=C(Nc1ccc(-c2nc3ccncc3[nH]2)cc1)c1cnc(-c2ccc3c(c2)CCO3)s1. The van der Waals surface area contributed by atoms with E-state index in [-0.39, 0.29) is 5.91 Å². The molecule has 0 saturated heterocycles. The van der Waals surface area contributed by atoms with Crippen molar-refractivity contribution in [2.45, 2.75) is 6.42 Å². The summed E-state index contributed by atoms with van der Waals surface area (Å²) < 4.78 is 5.56. The fourth-order valence-corrected chi connectivity index (χ4v) is 4.54. The Morgan fingerprint density at radius 3 is 2.81 bits per heavy atom. The number of fused-ring (bicyclic) bond motifs is 2. The maximum atomic E-state index is 12.7. The number of thiazole rings is 1. The zero-order valence-corrected chi connectivity index (χ0v) is 17.6. The van der Waals surface area contributed by atoms with Gasteiger partial charge in [0.15, 0.2) is 0 Å². The number of aromatic amines is 1. The molecule has 0 atom stereocenters. The Hall–Kier alpha value is -4.04. The van der Waals surface area contributed by atoms with Crippen LogP contribution in [0.25, 0.3) is 33.0 Å². The summed E-state index contributed by atoms with van der Waals surface area (Å²) in [6.07, 6.45) is 5.99. The number of hydrogen-bond donors (Lipinski definition) is 2. The van der Waals surface area contributed by atoms with Crippen molar-refractivity contribution >= 4 is 34.0 Å². The minimum atomic E-state index is -0.180. The second-order valence-electron chi connectivity index (χ2n) is 7.46. The van der Waals surface area contributed by atoms with Crippen LogP contribution in [0.2, 0.25) is 0 Å². The summed E-state index contributed by atoms with van der Waals surface area (Å²) in [7, 11) is 0. The van der Waals surface area contributed by atoms with Gasteiger partial charge in [0.05, 0.1) is 30.0 Å². The third kappa shape index (κ3) is 3.40. The predicted molar refractivity (Wildman–Crippen MR) is 124 cm³/mol. The van der Waals surface area contributed by atoms with Crippen molar-refractivity contribution in [1.82, 2.24) is 19.9 Å². The Labute approximate surface area is 187 Å². The van der Waals surface area contributed by atoms with Crippen LogP contribution in [-0.2, 0) is 6.42 Å². The maximum Gasteiger partial charge on any atom is 0.267 e. The highest BCUT2D eigenvalue weighted by atomic mass is 32.1. The van der Waals surface area contributed by atoms with Gasteiger partial charge >= 0.3 is 0 Å². The lowest BCUT2D eigenvalue weighted by molar-refractivity contribution is 0.103. The summed E-state index contributed by atoms with van der Waals surface area (Å²) in [5.74, 6) is 1.52. The van der Waals surface area contributed by atoms with Gasteiger partial charge in [0.2, 0.25) is 0 Å². The lowest BCUT2D eigenvalue weighted by atomic mass is 10.1. The molecule has 0 saturated carbocycles. The molecule has 0 unspecified atom stereocenters. The maximum absolute atomic E-state index is 12.7. The highest BCUT2D eigenvalue weighted by molar-refractivity contribution is 7.17. The van der Waals surface area contributed by atoms with Crippen LogP contribution >= 0.6 is 11.3 Å². The van der Waals surface area contributed by atoms with Crippen LogP contribution in [0.1, 0.15) is 15.2 Å². The lowest BCUT2D eigenvalue weighted by Crippen LogP contribution is -2.09. The molecule has 0 aliphatic carbocycles. The number of carbonyl (C=O) groups is 1. The van der Waals surface area contributed by atoms with E-state index in [0.29, 0.717) is 10.6 Å². The fourth-order valence-electron chi connectivity index (χ4n) is 3.73. The minimum Gasteiger partial charge on any atom is -0.493 e. The van der Waals surface area contributed by atoms with Gasteiger partial charge in [0.25, 0.3) is 5.91 Å². The van der Waals surface area contributed by atoms with Crippen molar-refractivity contribution in [3.63, 3.8) is 0 Å². The number of H-pyrrole nitrogens is 1. The average Bonchev–Trinajstić information content (AvgIpc) is 3.58. The number of benzene rings is 2. The van der Waals surface area contributed by atoms with Crippen molar-refractivity contribution in [2.24, 2.45) is 0 Å². The van der Waals surface area contributed by atoms with Gasteiger partial charge in [-0.05, 0) is 54.1 Å². The summed E-state index contributed by atoms with van der Waals surface area (Å²) in [6.45, 7) is 0.719. The number of rotatable bonds is 4. The topological polar surface area (TPSA) is 92.8 Å². The minimum absolute atomic E-state index is 0.180. The molecule has 1 amide bonds. The van der Waals surface area contributed by atoms with Crippen LogP contribution in [0.5, 0.6) is 5.75 Å². The Balaban J connectivity index is 1.18. The highest BCUT2D eigenvalue weighted by Crippen LogP contribution is 2.32. The Morgan fingerprint density at radius 1 is 1.06 bits per heavy atom. The first-order valence-corrected chi connectivity index (χ1v) is 11.0. The number of aromatic nitrogens is 4. The quantitative estimate of drug-likeness (QED) is 0.414. The molecule has 0 spiro atoms. The molecular weight excluding hydrogens is 422 g/mol. The summed E-state index contributed by atoms with van der Waals surface area (Å²) in [6, 6.07) is 15.5. The molecule has 5 aromatic rings. The average molecular weight is 440 g/mol. The van der Waals surface area contributed by atoms with Crippen molar-refractivity contribution in [3.8, 4) is 27.7 Å². The van der Waals surface area contributed by atoms with Gasteiger partial charge in [-0.1, -0.05) is 0 Å². The van der Waals surface area contributed by atoms with Crippen molar-refractivity contribution in [3.05, 3.63) is 77.6 Å². The van der Waals surface area contributed by atoms with Crippen LogP contribution in [0.4, 0.5) is 5.69 Å². The van der Waals surface area contributed by atoms with Gasteiger partial charge in [-0.3, -0.25) is 9.78 Å². The third-order valence-electron chi connectivity index (χ3n) is 5.37. The van der Waals surface area contributed by atoms with Crippen LogP contribution in [0.15, 0.2) is 67.1 Å². The summed E-state index contributed by atoms with van der Waals surface area (Å²) in [4.78, 5) is 29.7. The molecule has 6 rings (SSSR count). The zero-order chi connectivity index (χ0) is 21.5. The number of anilines is 1. The molecule has 8 heteroatoms. The molecule has 2 N–H and O–H groups in total. The first-order valence-electron chi connectivity index (χ1n) is 10.2. The largest absolute Gasteiger partial charge is 0.493 e. The van der Waals surface area contributed by atoms with E-state index < -0.39 is 0 Å². The number of pyridine rings is 1. The highest BCUT2D eigenvalue weighted by Gasteiger charge is 2.16. The van der Waals surface area contributed by atoms with Gasteiger partial charge in [-0.25, -0.2) is 9.97 Å². The number of ether oxygens (including phenoxy) is 1. The van der Waals surface area contributed by atoms with E-state index in [4.69, 9.17) is 4.74 Å². The van der Waals surface area contributed by atoms with E-state index in [1.54, 1.807) is 18.6 Å². The molecule has 4 heterocycles. The molecule has 156 valence electrons. The normalized spacial score (nSPS) is 12.5. The van der Waals surface area contributed by atoms with Gasteiger partial charge in [-0.2, -0.15) is 0 Å². The number of nitrogens with zero attached hydrogens (tertiary/aromatic N) is 3.